The number of rotatable bonds is 7. The van der Waals surface area contributed by atoms with Gasteiger partial charge in [-0.2, -0.15) is 10.1 Å². The number of ether oxygens (including phenoxy) is 2. The number of hydrazone groups is 1. The van der Waals surface area contributed by atoms with Gasteiger partial charge < -0.3 is 9.47 Å². The van der Waals surface area contributed by atoms with Crippen LogP contribution in [0.2, 0.25) is 0 Å². The van der Waals surface area contributed by atoms with Gasteiger partial charge in [0.1, 0.15) is 11.7 Å². The van der Waals surface area contributed by atoms with Crippen molar-refractivity contribution in [2.24, 2.45) is 16.0 Å². The lowest BCUT2D eigenvalue weighted by Crippen LogP contribution is -2.33. The van der Waals surface area contributed by atoms with E-state index >= 15 is 0 Å². The quantitative estimate of drug-likeness (QED) is 0.534. The van der Waals surface area contributed by atoms with Crippen LogP contribution in [0.5, 0.6) is 5.75 Å². The Morgan fingerprint density at radius 1 is 1.10 bits per heavy atom. The van der Waals surface area contributed by atoms with Gasteiger partial charge in [-0.1, -0.05) is 36.4 Å². The molecule has 1 atom stereocenters. The van der Waals surface area contributed by atoms with Crippen LogP contribution < -0.4 is 9.75 Å². The number of carbonyl (C=O) groups is 2. The van der Waals surface area contributed by atoms with Crippen molar-refractivity contribution in [1.82, 2.24) is 0 Å². The van der Waals surface area contributed by atoms with Crippen molar-refractivity contribution in [3.8, 4) is 5.75 Å². The number of para-hydroxylation sites is 2. The maximum absolute atomic E-state index is 13.1. The third-order valence-electron chi connectivity index (χ3n) is 4.68. The van der Waals surface area contributed by atoms with Gasteiger partial charge in [0.05, 0.1) is 38.6 Å². The van der Waals surface area contributed by atoms with E-state index in [0.717, 1.165) is 11.3 Å². The summed E-state index contributed by atoms with van der Waals surface area (Å²) in [4.78, 5) is 29.6. The second-order valence-electron chi connectivity index (χ2n) is 6.53. The molecule has 1 amide bonds. The Balaban J connectivity index is 1.89. The molecular weight excluding hydrogens is 370 g/mol. The highest BCUT2D eigenvalue weighted by molar-refractivity contribution is 6.30. The number of carbonyl (C=O) groups excluding carboxylic acids is 2. The molecule has 0 aliphatic carbocycles. The van der Waals surface area contributed by atoms with Gasteiger partial charge >= 0.3 is 5.97 Å². The minimum atomic E-state index is -0.705. The summed E-state index contributed by atoms with van der Waals surface area (Å²) in [7, 11) is 2.92. The van der Waals surface area contributed by atoms with Gasteiger partial charge in [0, 0.05) is 11.3 Å². The zero-order valence-corrected chi connectivity index (χ0v) is 16.7. The molecule has 0 saturated carbocycles. The number of benzene rings is 2. The van der Waals surface area contributed by atoms with Gasteiger partial charge in [-0.25, -0.2) is 0 Å². The van der Waals surface area contributed by atoms with Crippen LogP contribution in [0.15, 0.2) is 64.7 Å². The monoisotopic (exact) mass is 393 g/mol. The van der Waals surface area contributed by atoms with Crippen LogP contribution in [0, 0.1) is 5.92 Å². The number of anilines is 1. The Bertz CT molecular complexity index is 954. The molecule has 1 aliphatic heterocycles. The molecule has 0 bridgehead atoms. The minimum absolute atomic E-state index is 0.0717. The molecule has 0 spiro atoms. The summed E-state index contributed by atoms with van der Waals surface area (Å²) in [5.41, 5.74) is 2.56. The van der Waals surface area contributed by atoms with Crippen LogP contribution >= 0.6 is 0 Å². The molecule has 2 aromatic rings. The van der Waals surface area contributed by atoms with Gasteiger partial charge in [-0.05, 0) is 25.1 Å². The third kappa shape index (κ3) is 4.51. The number of hydrogen-bond donors (Lipinski definition) is 0. The van der Waals surface area contributed by atoms with E-state index in [2.05, 4.69) is 10.1 Å². The Morgan fingerprint density at radius 3 is 2.48 bits per heavy atom. The highest BCUT2D eigenvalue weighted by Crippen LogP contribution is 2.27. The molecule has 0 aromatic heterocycles. The normalized spacial score (nSPS) is 16.6. The number of aliphatic imine (C=N–C) groups is 1. The third-order valence-corrected chi connectivity index (χ3v) is 4.68. The fourth-order valence-corrected chi connectivity index (χ4v) is 3.17. The molecule has 150 valence electrons. The van der Waals surface area contributed by atoms with Crippen molar-refractivity contribution < 1.29 is 19.1 Å². The highest BCUT2D eigenvalue weighted by atomic mass is 16.5. The largest absolute Gasteiger partial charge is 0.496 e. The zero-order valence-electron chi connectivity index (χ0n) is 16.7. The van der Waals surface area contributed by atoms with E-state index in [4.69, 9.17) is 9.47 Å². The summed E-state index contributed by atoms with van der Waals surface area (Å²) in [5.74, 6) is -0.662. The average molecular weight is 393 g/mol. The molecule has 7 nitrogen and oxygen atoms in total. The molecule has 7 heteroatoms. The molecular formula is C22H23N3O4. The van der Waals surface area contributed by atoms with Crippen LogP contribution in [0.4, 0.5) is 5.69 Å². The van der Waals surface area contributed by atoms with E-state index in [1.807, 2.05) is 42.5 Å². The van der Waals surface area contributed by atoms with Crippen LogP contribution in [-0.2, 0) is 20.9 Å². The van der Waals surface area contributed by atoms with E-state index < -0.39 is 11.9 Å². The summed E-state index contributed by atoms with van der Waals surface area (Å²) < 4.78 is 10.1. The predicted molar refractivity (Wildman–Crippen MR) is 111 cm³/mol. The van der Waals surface area contributed by atoms with Gasteiger partial charge in [-0.3, -0.25) is 14.6 Å². The molecule has 2 aromatic carbocycles. The first-order valence-corrected chi connectivity index (χ1v) is 9.21. The van der Waals surface area contributed by atoms with Gasteiger partial charge in [0.2, 0.25) is 0 Å². The first-order valence-electron chi connectivity index (χ1n) is 9.21. The fourth-order valence-electron chi connectivity index (χ4n) is 3.17. The van der Waals surface area contributed by atoms with Crippen LogP contribution in [0.25, 0.3) is 0 Å². The van der Waals surface area contributed by atoms with E-state index in [0.29, 0.717) is 23.7 Å². The lowest BCUT2D eigenvalue weighted by atomic mass is 9.95. The summed E-state index contributed by atoms with van der Waals surface area (Å²) in [6.07, 6.45) is -0.0717. The Kier molecular flexibility index (Phi) is 6.39. The average Bonchev–Trinajstić information content (AvgIpc) is 3.08. The van der Waals surface area contributed by atoms with Crippen LogP contribution in [-0.4, -0.2) is 37.5 Å². The van der Waals surface area contributed by atoms with Crippen molar-refractivity contribution in [2.75, 3.05) is 19.2 Å². The zero-order chi connectivity index (χ0) is 20.8. The van der Waals surface area contributed by atoms with E-state index in [1.54, 1.807) is 26.2 Å². The number of amides is 1. The van der Waals surface area contributed by atoms with Crippen molar-refractivity contribution in [2.45, 2.75) is 19.9 Å². The molecule has 0 radical (unpaired) electrons. The predicted octanol–water partition coefficient (Wildman–Crippen LogP) is 3.24. The first kappa shape index (κ1) is 20.3. The highest BCUT2D eigenvalue weighted by Gasteiger charge is 2.39. The Morgan fingerprint density at radius 2 is 1.79 bits per heavy atom. The molecule has 1 heterocycles. The van der Waals surface area contributed by atoms with Crippen LogP contribution in [0.1, 0.15) is 18.9 Å². The van der Waals surface area contributed by atoms with E-state index in [-0.39, 0.29) is 12.3 Å². The summed E-state index contributed by atoms with van der Waals surface area (Å²) in [5, 5.41) is 5.74. The van der Waals surface area contributed by atoms with Gasteiger partial charge in [0.25, 0.3) is 5.91 Å². The number of esters is 1. The lowest BCUT2D eigenvalue weighted by molar-refractivity contribution is -0.139. The van der Waals surface area contributed by atoms with Crippen LogP contribution in [0.3, 0.4) is 0 Å². The maximum atomic E-state index is 13.1. The fraction of sp³-hybridized carbons (Fsp3) is 0.273. The molecule has 1 aliphatic rings. The Labute approximate surface area is 169 Å². The van der Waals surface area contributed by atoms with Crippen molar-refractivity contribution in [3.05, 3.63) is 60.2 Å². The second kappa shape index (κ2) is 9.14. The second-order valence-corrected chi connectivity index (χ2v) is 6.53. The van der Waals surface area contributed by atoms with Crippen molar-refractivity contribution >= 4 is 29.0 Å². The summed E-state index contributed by atoms with van der Waals surface area (Å²) >= 11 is 0. The number of hydrogen-bond acceptors (Lipinski definition) is 6. The summed E-state index contributed by atoms with van der Waals surface area (Å²) in [6.45, 7) is 2.13. The van der Waals surface area contributed by atoms with Crippen molar-refractivity contribution in [3.63, 3.8) is 0 Å². The smallest absolute Gasteiger partial charge is 0.311 e. The maximum Gasteiger partial charge on any atom is 0.311 e. The molecule has 0 N–H and O–H groups in total. The van der Waals surface area contributed by atoms with E-state index in [1.165, 1.54) is 12.1 Å². The number of nitrogens with zero attached hydrogens (tertiary/aromatic N) is 3. The standard InChI is InChI=1S/C22H23N3O4/c1-15(23-14-16-9-7-8-12-19(16)28-2)21-18(13-20(26)29-3)24-25(22(21)27)17-10-5-4-6-11-17/h4-12,21H,13-14H2,1-3H3. The molecule has 1 unspecified atom stereocenters. The SMILES string of the molecule is COC(=O)CC1=NN(c2ccccc2)C(=O)C1C(C)=NCc1ccccc1OC. The summed E-state index contributed by atoms with van der Waals surface area (Å²) in [6, 6.07) is 16.7. The molecule has 29 heavy (non-hydrogen) atoms. The molecule has 0 saturated heterocycles. The number of methoxy groups -OCH3 is 2. The van der Waals surface area contributed by atoms with Crippen molar-refractivity contribution in [1.29, 1.82) is 0 Å². The van der Waals surface area contributed by atoms with E-state index in [9.17, 15) is 9.59 Å². The van der Waals surface area contributed by atoms with Gasteiger partial charge in [-0.15, -0.1) is 0 Å². The minimum Gasteiger partial charge on any atom is -0.496 e. The topological polar surface area (TPSA) is 80.6 Å². The lowest BCUT2D eigenvalue weighted by Gasteiger charge is -2.15. The molecule has 3 rings (SSSR count). The van der Waals surface area contributed by atoms with Gasteiger partial charge in [0.15, 0.2) is 0 Å². The first-order chi connectivity index (χ1) is 14.0. The Hall–Kier alpha value is -3.48. The molecule has 0 fully saturated rings.